The quantitative estimate of drug-likeness (QED) is 0.677. The van der Waals surface area contributed by atoms with Gasteiger partial charge in [-0.15, -0.1) is 0 Å². The summed E-state index contributed by atoms with van der Waals surface area (Å²) in [7, 11) is 0. The summed E-state index contributed by atoms with van der Waals surface area (Å²) in [6.45, 7) is 1.08. The zero-order chi connectivity index (χ0) is 18.8. The Labute approximate surface area is 155 Å². The molecule has 0 spiro atoms. The fourth-order valence-electron chi connectivity index (χ4n) is 3.36. The molecule has 1 aromatic heterocycles. The second kappa shape index (κ2) is 7.15. The molecule has 0 amide bonds. The van der Waals surface area contributed by atoms with E-state index in [-0.39, 0.29) is 11.6 Å². The number of aromatic nitrogens is 1. The molecule has 0 saturated heterocycles. The average Bonchev–Trinajstić information content (AvgIpc) is 3.10. The number of nitrogens with zero attached hydrogens (tertiary/aromatic N) is 2. The Bertz CT molecular complexity index is 989. The molecular weight excluding hydrogens is 348 g/mol. The van der Waals surface area contributed by atoms with Gasteiger partial charge >= 0.3 is 0 Å². The normalized spacial score (nSPS) is 12.7. The third kappa shape index (κ3) is 3.38. The van der Waals surface area contributed by atoms with E-state index in [1.807, 2.05) is 4.90 Å². The van der Waals surface area contributed by atoms with Gasteiger partial charge in [0.15, 0.2) is 6.29 Å². The van der Waals surface area contributed by atoms with Crippen molar-refractivity contribution in [3.63, 3.8) is 0 Å². The molecule has 6 heteroatoms. The van der Waals surface area contributed by atoms with Crippen LogP contribution in [0.4, 0.5) is 26.0 Å². The van der Waals surface area contributed by atoms with Crippen molar-refractivity contribution < 1.29 is 13.6 Å². The lowest BCUT2D eigenvalue weighted by molar-refractivity contribution is 0.112. The van der Waals surface area contributed by atoms with Gasteiger partial charge in [0.2, 0.25) is 0 Å². The number of carbonyl (C=O) groups excluding carboxylic acids is 1. The van der Waals surface area contributed by atoms with Gasteiger partial charge in [-0.05, 0) is 53.9 Å². The van der Waals surface area contributed by atoms with E-state index in [2.05, 4.69) is 10.3 Å². The van der Waals surface area contributed by atoms with Gasteiger partial charge in [0.05, 0.1) is 11.3 Å². The maximum atomic E-state index is 13.5. The number of rotatable bonds is 5. The number of carbonyl (C=O) groups is 1. The van der Waals surface area contributed by atoms with Crippen molar-refractivity contribution in [2.45, 2.75) is 13.0 Å². The lowest BCUT2D eigenvalue weighted by Gasteiger charge is -2.22. The smallest absolute Gasteiger partial charge is 0.155 e. The van der Waals surface area contributed by atoms with Crippen LogP contribution in [0.15, 0.2) is 54.7 Å². The molecule has 0 unspecified atom stereocenters. The Morgan fingerprint density at radius 3 is 2.59 bits per heavy atom. The molecule has 2 heterocycles. The van der Waals surface area contributed by atoms with Crippen molar-refractivity contribution in [1.82, 2.24) is 4.98 Å². The number of hydrogen-bond donors (Lipinski definition) is 1. The molecule has 0 radical (unpaired) electrons. The highest BCUT2D eigenvalue weighted by Crippen LogP contribution is 2.37. The van der Waals surface area contributed by atoms with Crippen molar-refractivity contribution in [3.05, 3.63) is 83.1 Å². The Balaban J connectivity index is 1.63. The topological polar surface area (TPSA) is 45.2 Å². The molecule has 0 saturated carbocycles. The molecule has 27 heavy (non-hydrogen) atoms. The van der Waals surface area contributed by atoms with Gasteiger partial charge in [-0.3, -0.25) is 4.79 Å². The zero-order valence-electron chi connectivity index (χ0n) is 14.5. The molecule has 1 aliphatic rings. The third-order valence-corrected chi connectivity index (χ3v) is 4.69. The van der Waals surface area contributed by atoms with Crippen LogP contribution in [0.2, 0.25) is 0 Å². The van der Waals surface area contributed by atoms with Crippen LogP contribution in [0, 0.1) is 11.6 Å². The highest BCUT2D eigenvalue weighted by atomic mass is 19.1. The van der Waals surface area contributed by atoms with Crippen LogP contribution >= 0.6 is 0 Å². The number of halogens is 2. The van der Waals surface area contributed by atoms with Crippen LogP contribution in [0.3, 0.4) is 0 Å². The highest BCUT2D eigenvalue weighted by Gasteiger charge is 2.24. The molecule has 1 N–H and O–H groups in total. The van der Waals surface area contributed by atoms with Crippen molar-refractivity contribution in [3.8, 4) is 0 Å². The van der Waals surface area contributed by atoms with Gasteiger partial charge in [-0.2, -0.15) is 0 Å². The summed E-state index contributed by atoms with van der Waals surface area (Å²) in [5, 5.41) is 3.15. The van der Waals surface area contributed by atoms with Gasteiger partial charge in [-0.1, -0.05) is 12.1 Å². The number of anilines is 3. The minimum absolute atomic E-state index is 0.261. The monoisotopic (exact) mass is 365 g/mol. The number of aldehydes is 1. The van der Waals surface area contributed by atoms with Gasteiger partial charge < -0.3 is 10.2 Å². The summed E-state index contributed by atoms with van der Waals surface area (Å²) < 4.78 is 26.5. The minimum Gasteiger partial charge on any atom is -0.365 e. The molecule has 4 rings (SSSR count). The van der Waals surface area contributed by atoms with Gasteiger partial charge in [-0.25, -0.2) is 13.8 Å². The molecular formula is C21H17F2N3O. The molecule has 0 bridgehead atoms. The molecule has 136 valence electrons. The maximum Gasteiger partial charge on any atom is 0.155 e. The summed E-state index contributed by atoms with van der Waals surface area (Å²) in [4.78, 5) is 18.1. The van der Waals surface area contributed by atoms with Crippen molar-refractivity contribution >= 4 is 23.5 Å². The largest absolute Gasteiger partial charge is 0.365 e. The van der Waals surface area contributed by atoms with Crippen LogP contribution in [0.1, 0.15) is 21.5 Å². The summed E-state index contributed by atoms with van der Waals surface area (Å²) in [6.07, 6.45) is 3.12. The number of hydrogen-bond acceptors (Lipinski definition) is 4. The SMILES string of the molecule is O=Cc1c(N2CCc3cc(F)ccc32)ccnc1NCc1ccc(F)cc1. The predicted molar refractivity (Wildman–Crippen MR) is 100 cm³/mol. The van der Waals surface area contributed by atoms with E-state index in [1.165, 1.54) is 24.3 Å². The molecule has 2 aromatic carbocycles. The van der Waals surface area contributed by atoms with Crippen LogP contribution in [0.25, 0.3) is 0 Å². The Morgan fingerprint density at radius 1 is 1.04 bits per heavy atom. The van der Waals surface area contributed by atoms with E-state index in [1.54, 1.807) is 30.5 Å². The van der Waals surface area contributed by atoms with E-state index in [0.717, 1.165) is 28.8 Å². The van der Waals surface area contributed by atoms with E-state index < -0.39 is 0 Å². The second-order valence-electron chi connectivity index (χ2n) is 6.36. The Kier molecular flexibility index (Phi) is 4.54. The summed E-state index contributed by atoms with van der Waals surface area (Å²) >= 11 is 0. The maximum absolute atomic E-state index is 13.5. The van der Waals surface area contributed by atoms with Gasteiger partial charge in [0.25, 0.3) is 0 Å². The number of benzene rings is 2. The molecule has 4 nitrogen and oxygen atoms in total. The Morgan fingerprint density at radius 2 is 1.81 bits per heavy atom. The molecule has 0 fully saturated rings. The van der Waals surface area contributed by atoms with Crippen LogP contribution in [0.5, 0.6) is 0 Å². The predicted octanol–water partition coefficient (Wildman–Crippen LogP) is 4.48. The minimum atomic E-state index is -0.295. The van der Waals surface area contributed by atoms with Crippen molar-refractivity contribution in [1.29, 1.82) is 0 Å². The zero-order valence-corrected chi connectivity index (χ0v) is 14.5. The van der Waals surface area contributed by atoms with E-state index in [9.17, 15) is 13.6 Å². The van der Waals surface area contributed by atoms with Crippen molar-refractivity contribution in [2.24, 2.45) is 0 Å². The second-order valence-corrected chi connectivity index (χ2v) is 6.36. The van der Waals surface area contributed by atoms with Gasteiger partial charge in [0.1, 0.15) is 17.5 Å². The first kappa shape index (κ1) is 17.1. The van der Waals surface area contributed by atoms with Crippen LogP contribution in [-0.4, -0.2) is 17.8 Å². The number of pyridine rings is 1. The first-order valence-electron chi connectivity index (χ1n) is 8.64. The first-order chi connectivity index (χ1) is 13.2. The van der Waals surface area contributed by atoms with E-state index >= 15 is 0 Å². The molecule has 1 aliphatic heterocycles. The fraction of sp³-hybridized carbons (Fsp3) is 0.143. The molecule has 3 aromatic rings. The molecule has 0 atom stereocenters. The van der Waals surface area contributed by atoms with E-state index in [0.29, 0.717) is 30.9 Å². The summed E-state index contributed by atoms with van der Waals surface area (Å²) in [5.74, 6) is -0.0958. The number of nitrogens with one attached hydrogen (secondary N) is 1. The van der Waals surface area contributed by atoms with Crippen molar-refractivity contribution in [2.75, 3.05) is 16.8 Å². The summed E-state index contributed by atoms with van der Waals surface area (Å²) in [6, 6.07) is 12.6. The first-order valence-corrected chi connectivity index (χ1v) is 8.64. The highest BCUT2D eigenvalue weighted by molar-refractivity contribution is 5.93. The average molecular weight is 365 g/mol. The standard InChI is InChI=1S/C21H17F2N3O/c22-16-3-1-14(2-4-16)12-25-21-18(13-27)20(7-9-24-21)26-10-8-15-11-17(23)5-6-19(15)26/h1-7,9,11,13H,8,10,12H2,(H,24,25). The Hall–Kier alpha value is -3.28. The lowest BCUT2D eigenvalue weighted by atomic mass is 10.1. The third-order valence-electron chi connectivity index (χ3n) is 4.69. The number of fused-ring (bicyclic) bond motifs is 1. The molecule has 0 aliphatic carbocycles. The fourth-order valence-corrected chi connectivity index (χ4v) is 3.36. The van der Waals surface area contributed by atoms with Crippen LogP contribution in [-0.2, 0) is 13.0 Å². The van der Waals surface area contributed by atoms with Gasteiger partial charge in [0, 0.05) is 25.0 Å². The lowest BCUT2D eigenvalue weighted by Crippen LogP contribution is -2.17. The summed E-state index contributed by atoms with van der Waals surface area (Å²) in [5.41, 5.74) is 3.87. The van der Waals surface area contributed by atoms with E-state index in [4.69, 9.17) is 0 Å². The van der Waals surface area contributed by atoms with Crippen LogP contribution < -0.4 is 10.2 Å².